The predicted molar refractivity (Wildman–Crippen MR) is 111 cm³/mol. The standard InChI is InChI=1S/C22H23FN4O3/c1-13(2)20(25-21(29)14-7-9-16(23)10-8-14)22(30)27-26-19(28)11-15-12-24-18-6-4-3-5-17(15)18/h3-10,12-13,20,24H,11H2,1-2H3,(H,25,29)(H,26,28)(H,27,30)/t20-/m0/s1. The van der Waals surface area contributed by atoms with Gasteiger partial charge in [-0.05, 0) is 41.8 Å². The number of hydrazine groups is 1. The molecule has 7 nitrogen and oxygen atoms in total. The number of hydrogen-bond acceptors (Lipinski definition) is 3. The summed E-state index contributed by atoms with van der Waals surface area (Å²) in [6, 6.07) is 11.7. The Balaban J connectivity index is 1.57. The molecule has 0 unspecified atom stereocenters. The first-order chi connectivity index (χ1) is 14.3. The van der Waals surface area contributed by atoms with Crippen LogP contribution in [0.15, 0.2) is 54.7 Å². The lowest BCUT2D eigenvalue weighted by molar-refractivity contribution is -0.130. The molecule has 4 N–H and O–H groups in total. The highest BCUT2D eigenvalue weighted by atomic mass is 19.1. The molecule has 8 heteroatoms. The van der Waals surface area contributed by atoms with Gasteiger partial charge in [0, 0.05) is 22.7 Å². The fourth-order valence-corrected chi connectivity index (χ4v) is 3.06. The smallest absolute Gasteiger partial charge is 0.261 e. The van der Waals surface area contributed by atoms with Crippen LogP contribution in [0.2, 0.25) is 0 Å². The van der Waals surface area contributed by atoms with Gasteiger partial charge in [-0.2, -0.15) is 0 Å². The molecular weight excluding hydrogens is 387 g/mol. The van der Waals surface area contributed by atoms with E-state index in [-0.39, 0.29) is 23.8 Å². The normalized spacial score (nSPS) is 11.9. The molecule has 0 saturated carbocycles. The number of hydrogen-bond donors (Lipinski definition) is 4. The van der Waals surface area contributed by atoms with Gasteiger partial charge in [0.05, 0.1) is 6.42 Å². The van der Waals surface area contributed by atoms with Crippen LogP contribution in [-0.2, 0) is 16.0 Å². The van der Waals surface area contributed by atoms with Crippen molar-refractivity contribution in [3.05, 3.63) is 71.7 Å². The van der Waals surface area contributed by atoms with Crippen molar-refractivity contribution in [2.75, 3.05) is 0 Å². The van der Waals surface area contributed by atoms with E-state index in [1.54, 1.807) is 20.0 Å². The van der Waals surface area contributed by atoms with Gasteiger partial charge in [-0.15, -0.1) is 0 Å². The number of fused-ring (bicyclic) bond motifs is 1. The minimum Gasteiger partial charge on any atom is -0.361 e. The molecule has 3 aromatic rings. The van der Waals surface area contributed by atoms with Crippen molar-refractivity contribution in [2.45, 2.75) is 26.3 Å². The van der Waals surface area contributed by atoms with Crippen LogP contribution in [0.1, 0.15) is 29.8 Å². The summed E-state index contributed by atoms with van der Waals surface area (Å²) >= 11 is 0. The van der Waals surface area contributed by atoms with E-state index in [1.165, 1.54) is 24.3 Å². The first kappa shape index (κ1) is 21.0. The third kappa shape index (κ3) is 5.02. The molecule has 30 heavy (non-hydrogen) atoms. The van der Waals surface area contributed by atoms with Gasteiger partial charge < -0.3 is 10.3 Å². The van der Waals surface area contributed by atoms with Crippen LogP contribution < -0.4 is 16.2 Å². The van der Waals surface area contributed by atoms with Crippen molar-refractivity contribution >= 4 is 28.6 Å². The topological polar surface area (TPSA) is 103 Å². The zero-order valence-electron chi connectivity index (χ0n) is 16.7. The molecule has 3 amide bonds. The molecule has 0 aliphatic carbocycles. The van der Waals surface area contributed by atoms with Gasteiger partial charge in [0.1, 0.15) is 11.9 Å². The van der Waals surface area contributed by atoms with Crippen molar-refractivity contribution in [3.8, 4) is 0 Å². The van der Waals surface area contributed by atoms with Crippen molar-refractivity contribution in [1.29, 1.82) is 0 Å². The fourth-order valence-electron chi connectivity index (χ4n) is 3.06. The van der Waals surface area contributed by atoms with Crippen LogP contribution in [0, 0.1) is 11.7 Å². The van der Waals surface area contributed by atoms with Crippen LogP contribution in [0.4, 0.5) is 4.39 Å². The lowest BCUT2D eigenvalue weighted by Crippen LogP contribution is -2.54. The molecule has 0 saturated heterocycles. The van der Waals surface area contributed by atoms with Crippen molar-refractivity contribution in [1.82, 2.24) is 21.2 Å². The molecule has 3 rings (SSSR count). The molecular formula is C22H23FN4O3. The molecule has 1 aromatic heterocycles. The minimum atomic E-state index is -0.879. The van der Waals surface area contributed by atoms with E-state index in [9.17, 15) is 18.8 Å². The number of aromatic nitrogens is 1. The third-order valence-electron chi connectivity index (χ3n) is 4.69. The molecule has 2 aromatic carbocycles. The summed E-state index contributed by atoms with van der Waals surface area (Å²) in [5.41, 5.74) is 6.72. The van der Waals surface area contributed by atoms with E-state index in [2.05, 4.69) is 21.2 Å². The Morgan fingerprint density at radius 3 is 2.40 bits per heavy atom. The lowest BCUT2D eigenvalue weighted by Gasteiger charge is -2.22. The predicted octanol–water partition coefficient (Wildman–Crippen LogP) is 2.45. The largest absolute Gasteiger partial charge is 0.361 e. The van der Waals surface area contributed by atoms with Gasteiger partial charge in [-0.1, -0.05) is 32.0 Å². The average molecular weight is 410 g/mol. The van der Waals surface area contributed by atoms with Crippen LogP contribution in [-0.4, -0.2) is 28.7 Å². The summed E-state index contributed by atoms with van der Waals surface area (Å²) in [5, 5.41) is 3.55. The molecule has 1 heterocycles. The third-order valence-corrected chi connectivity index (χ3v) is 4.69. The number of rotatable bonds is 6. The van der Waals surface area contributed by atoms with Gasteiger partial charge >= 0.3 is 0 Å². The van der Waals surface area contributed by atoms with Crippen LogP contribution in [0.3, 0.4) is 0 Å². The molecule has 0 bridgehead atoms. The van der Waals surface area contributed by atoms with Crippen LogP contribution >= 0.6 is 0 Å². The molecule has 0 radical (unpaired) electrons. The highest BCUT2D eigenvalue weighted by Crippen LogP contribution is 2.17. The number of benzene rings is 2. The Morgan fingerprint density at radius 1 is 1.00 bits per heavy atom. The monoisotopic (exact) mass is 410 g/mol. The quantitative estimate of drug-likeness (QED) is 0.469. The van der Waals surface area contributed by atoms with Gasteiger partial charge in [-0.3, -0.25) is 25.2 Å². The van der Waals surface area contributed by atoms with Crippen molar-refractivity contribution in [3.63, 3.8) is 0 Å². The van der Waals surface area contributed by atoms with Gasteiger partial charge in [-0.25, -0.2) is 4.39 Å². The maximum absolute atomic E-state index is 13.0. The van der Waals surface area contributed by atoms with E-state index < -0.39 is 23.7 Å². The van der Waals surface area contributed by atoms with Crippen molar-refractivity contribution < 1.29 is 18.8 Å². The number of para-hydroxylation sites is 1. The van der Waals surface area contributed by atoms with E-state index in [1.807, 2.05) is 24.3 Å². The first-order valence-electron chi connectivity index (χ1n) is 9.55. The molecule has 0 spiro atoms. The summed E-state index contributed by atoms with van der Waals surface area (Å²) in [6.07, 6.45) is 1.84. The van der Waals surface area contributed by atoms with Gasteiger partial charge in [0.2, 0.25) is 5.91 Å². The second kappa shape index (κ2) is 9.21. The fraction of sp³-hybridized carbons (Fsp3) is 0.227. The zero-order chi connectivity index (χ0) is 21.7. The number of carbonyl (C=O) groups is 3. The molecule has 0 aliphatic rings. The molecule has 156 valence electrons. The average Bonchev–Trinajstić information content (AvgIpc) is 3.13. The summed E-state index contributed by atoms with van der Waals surface area (Å²) < 4.78 is 13.0. The van der Waals surface area contributed by atoms with Crippen molar-refractivity contribution in [2.24, 2.45) is 5.92 Å². The first-order valence-corrected chi connectivity index (χ1v) is 9.55. The number of nitrogens with one attached hydrogen (secondary N) is 4. The maximum atomic E-state index is 13.0. The molecule has 0 aliphatic heterocycles. The van der Waals surface area contributed by atoms with Gasteiger partial charge in [0.25, 0.3) is 11.8 Å². The second-order valence-electron chi connectivity index (χ2n) is 7.28. The Hall–Kier alpha value is -3.68. The maximum Gasteiger partial charge on any atom is 0.261 e. The zero-order valence-corrected chi connectivity index (χ0v) is 16.7. The summed E-state index contributed by atoms with van der Waals surface area (Å²) in [7, 11) is 0. The van der Waals surface area contributed by atoms with Gasteiger partial charge in [0.15, 0.2) is 0 Å². The Morgan fingerprint density at radius 2 is 1.70 bits per heavy atom. The van der Waals surface area contributed by atoms with Crippen LogP contribution in [0.25, 0.3) is 10.9 Å². The number of halogens is 1. The van der Waals surface area contributed by atoms with Crippen LogP contribution in [0.5, 0.6) is 0 Å². The van der Waals surface area contributed by atoms with E-state index in [4.69, 9.17) is 0 Å². The minimum absolute atomic E-state index is 0.0819. The molecule has 1 atom stereocenters. The highest BCUT2D eigenvalue weighted by Gasteiger charge is 2.25. The number of carbonyl (C=O) groups excluding carboxylic acids is 3. The second-order valence-corrected chi connectivity index (χ2v) is 7.28. The Kier molecular flexibility index (Phi) is 6.46. The molecule has 0 fully saturated rings. The number of amides is 3. The highest BCUT2D eigenvalue weighted by molar-refractivity contribution is 5.98. The van der Waals surface area contributed by atoms with E-state index in [0.717, 1.165) is 16.5 Å². The Labute approximate surface area is 173 Å². The van der Waals surface area contributed by atoms with E-state index in [0.29, 0.717) is 0 Å². The SMILES string of the molecule is CC(C)[C@H](NC(=O)c1ccc(F)cc1)C(=O)NNC(=O)Cc1c[nH]c2ccccc12. The number of aromatic amines is 1. The Bertz CT molecular complexity index is 1060. The summed E-state index contributed by atoms with van der Waals surface area (Å²) in [4.78, 5) is 40.2. The van der Waals surface area contributed by atoms with E-state index >= 15 is 0 Å². The summed E-state index contributed by atoms with van der Waals surface area (Å²) in [6.45, 7) is 3.53. The summed E-state index contributed by atoms with van der Waals surface area (Å²) in [5.74, 6) is -2.13. The lowest BCUT2D eigenvalue weighted by atomic mass is 10.0. The number of H-pyrrole nitrogens is 1.